The lowest BCUT2D eigenvalue weighted by molar-refractivity contribution is -0.120. The van der Waals surface area contributed by atoms with Crippen molar-refractivity contribution < 1.29 is 9.18 Å². The zero-order valence-corrected chi connectivity index (χ0v) is 19.5. The number of fused-ring (bicyclic) bond motifs is 1. The maximum Gasteiger partial charge on any atom is 0.259 e. The van der Waals surface area contributed by atoms with Gasteiger partial charge in [-0.05, 0) is 62.8 Å². The first kappa shape index (κ1) is 22.8. The minimum Gasteiger partial charge on any atom is -0.355 e. The molecule has 0 bridgehead atoms. The quantitative estimate of drug-likeness (QED) is 0.355. The number of nitrogens with zero attached hydrogens (tertiary/aromatic N) is 1. The van der Waals surface area contributed by atoms with Crippen LogP contribution in [0.25, 0.3) is 10.2 Å². The van der Waals surface area contributed by atoms with Crippen LogP contribution >= 0.6 is 34.9 Å². The lowest BCUT2D eigenvalue weighted by Gasteiger charge is -2.11. The van der Waals surface area contributed by atoms with E-state index in [1.807, 2.05) is 20.8 Å². The number of thioether (sulfide) groups is 2. The van der Waals surface area contributed by atoms with Gasteiger partial charge in [-0.15, -0.1) is 34.9 Å². The number of thiophene rings is 1. The fraction of sp³-hybridized carbons (Fsp3) is 0.381. The lowest BCUT2D eigenvalue weighted by Crippen LogP contribution is -2.32. The molecule has 30 heavy (non-hydrogen) atoms. The van der Waals surface area contributed by atoms with Crippen molar-refractivity contribution in [3.8, 4) is 0 Å². The molecule has 2 heterocycles. The predicted octanol–water partition coefficient (Wildman–Crippen LogP) is 4.66. The molecule has 0 spiro atoms. The molecule has 0 fully saturated rings. The standard InChI is InChI=1S/C21H24FN3O2S3/c1-12-13(2)30-21-18(12)20(27)24-17(25-21)11-29-14(3)19(26)23-9-4-10-28-16-7-5-15(22)6-8-16/h5-8,14H,4,9-11H2,1-3H3,(H,23,26)(H,24,25,27). The third-order valence-corrected chi connectivity index (χ3v) is 7.98. The van der Waals surface area contributed by atoms with Crippen LogP contribution in [0.5, 0.6) is 0 Å². The maximum absolute atomic E-state index is 12.9. The number of carbonyl (C=O) groups excluding carboxylic acids is 1. The Kier molecular flexibility index (Phi) is 7.96. The zero-order chi connectivity index (χ0) is 21.7. The highest BCUT2D eigenvalue weighted by atomic mass is 32.2. The molecule has 0 aliphatic heterocycles. The topological polar surface area (TPSA) is 74.8 Å². The normalized spacial score (nSPS) is 12.3. The minimum atomic E-state index is -0.248. The van der Waals surface area contributed by atoms with Crippen LogP contribution in [0.3, 0.4) is 0 Å². The third kappa shape index (κ3) is 5.86. The highest BCUT2D eigenvalue weighted by Crippen LogP contribution is 2.26. The van der Waals surface area contributed by atoms with Crippen LogP contribution in [0.2, 0.25) is 0 Å². The molecule has 0 aliphatic carbocycles. The van der Waals surface area contributed by atoms with Crippen molar-refractivity contribution in [1.82, 2.24) is 15.3 Å². The van der Waals surface area contributed by atoms with Gasteiger partial charge in [0.15, 0.2) is 0 Å². The molecular weight excluding hydrogens is 441 g/mol. The van der Waals surface area contributed by atoms with Gasteiger partial charge in [-0.3, -0.25) is 9.59 Å². The van der Waals surface area contributed by atoms with Crippen LogP contribution in [-0.4, -0.2) is 33.4 Å². The molecule has 0 saturated heterocycles. The summed E-state index contributed by atoms with van der Waals surface area (Å²) >= 11 is 4.61. The average molecular weight is 466 g/mol. The van der Waals surface area contributed by atoms with E-state index in [1.54, 1.807) is 23.9 Å². The summed E-state index contributed by atoms with van der Waals surface area (Å²) in [7, 11) is 0. The molecule has 2 aromatic heterocycles. The number of rotatable bonds is 9. The van der Waals surface area contributed by atoms with Crippen LogP contribution in [0.4, 0.5) is 4.39 Å². The number of hydrogen-bond donors (Lipinski definition) is 2. The highest BCUT2D eigenvalue weighted by Gasteiger charge is 2.15. The Hall–Kier alpha value is -1.84. The molecule has 0 aliphatic rings. The van der Waals surface area contributed by atoms with E-state index in [4.69, 9.17) is 0 Å². The molecule has 1 atom stereocenters. The first-order chi connectivity index (χ1) is 14.3. The summed E-state index contributed by atoms with van der Waals surface area (Å²) < 4.78 is 12.9. The Morgan fingerprint density at radius 1 is 1.30 bits per heavy atom. The number of aromatic amines is 1. The molecule has 3 aromatic rings. The number of aromatic nitrogens is 2. The second-order valence-corrected chi connectivity index (χ2v) is 10.6. The fourth-order valence-electron chi connectivity index (χ4n) is 2.80. The van der Waals surface area contributed by atoms with E-state index in [9.17, 15) is 14.0 Å². The van der Waals surface area contributed by atoms with Crippen molar-refractivity contribution in [2.75, 3.05) is 12.3 Å². The van der Waals surface area contributed by atoms with Crippen molar-refractivity contribution in [3.05, 3.63) is 56.7 Å². The molecule has 0 saturated carbocycles. The van der Waals surface area contributed by atoms with E-state index in [0.29, 0.717) is 23.5 Å². The molecule has 3 rings (SSSR count). The van der Waals surface area contributed by atoms with Crippen molar-refractivity contribution in [2.24, 2.45) is 0 Å². The number of hydrogen-bond acceptors (Lipinski definition) is 6. The first-order valence-corrected chi connectivity index (χ1v) is 12.5. The molecule has 0 radical (unpaired) electrons. The summed E-state index contributed by atoms with van der Waals surface area (Å²) in [6.07, 6.45) is 0.827. The lowest BCUT2D eigenvalue weighted by atomic mass is 10.2. The van der Waals surface area contributed by atoms with Gasteiger partial charge in [-0.1, -0.05) is 0 Å². The van der Waals surface area contributed by atoms with Gasteiger partial charge in [-0.25, -0.2) is 9.37 Å². The second-order valence-electron chi connectivity index (χ2n) is 6.88. The van der Waals surface area contributed by atoms with E-state index < -0.39 is 0 Å². The van der Waals surface area contributed by atoms with Gasteiger partial charge in [0.05, 0.1) is 16.4 Å². The van der Waals surface area contributed by atoms with Gasteiger partial charge in [0.1, 0.15) is 16.5 Å². The molecule has 1 unspecified atom stereocenters. The van der Waals surface area contributed by atoms with Crippen LogP contribution < -0.4 is 10.9 Å². The largest absolute Gasteiger partial charge is 0.355 e. The summed E-state index contributed by atoms with van der Waals surface area (Å²) in [5.41, 5.74) is 0.862. The van der Waals surface area contributed by atoms with Crippen molar-refractivity contribution >= 4 is 51.0 Å². The Morgan fingerprint density at radius 2 is 2.03 bits per heavy atom. The number of aryl methyl sites for hydroxylation is 2. The summed E-state index contributed by atoms with van der Waals surface area (Å²) in [6.45, 7) is 6.36. The van der Waals surface area contributed by atoms with E-state index in [1.165, 1.54) is 35.2 Å². The van der Waals surface area contributed by atoms with E-state index in [0.717, 1.165) is 32.3 Å². The van der Waals surface area contributed by atoms with Crippen molar-refractivity contribution in [1.29, 1.82) is 0 Å². The average Bonchev–Trinajstić information content (AvgIpc) is 3.01. The van der Waals surface area contributed by atoms with E-state index >= 15 is 0 Å². The third-order valence-electron chi connectivity index (χ3n) is 4.63. The number of nitrogens with one attached hydrogen (secondary N) is 2. The molecule has 2 N–H and O–H groups in total. The predicted molar refractivity (Wildman–Crippen MR) is 125 cm³/mol. The van der Waals surface area contributed by atoms with Crippen LogP contribution in [-0.2, 0) is 10.5 Å². The fourth-order valence-corrected chi connectivity index (χ4v) is 5.48. The Labute approximate surface area is 187 Å². The van der Waals surface area contributed by atoms with Crippen molar-refractivity contribution in [3.63, 3.8) is 0 Å². The Morgan fingerprint density at radius 3 is 2.77 bits per heavy atom. The number of amides is 1. The zero-order valence-electron chi connectivity index (χ0n) is 17.1. The Bertz CT molecular complexity index is 1080. The van der Waals surface area contributed by atoms with E-state index in [-0.39, 0.29) is 22.5 Å². The molecule has 9 heteroatoms. The molecule has 1 amide bonds. The summed E-state index contributed by atoms with van der Waals surface area (Å²) in [6, 6.07) is 6.41. The van der Waals surface area contributed by atoms with Crippen LogP contribution in [0.1, 0.15) is 29.6 Å². The first-order valence-electron chi connectivity index (χ1n) is 9.61. The van der Waals surface area contributed by atoms with Gasteiger partial charge >= 0.3 is 0 Å². The molecular formula is C21H24FN3O2S3. The van der Waals surface area contributed by atoms with Gasteiger partial charge in [0, 0.05) is 16.3 Å². The minimum absolute atomic E-state index is 0.0296. The van der Waals surface area contributed by atoms with Gasteiger partial charge in [0.2, 0.25) is 5.91 Å². The maximum atomic E-state index is 12.9. The molecule has 160 valence electrons. The number of carbonyl (C=O) groups is 1. The smallest absolute Gasteiger partial charge is 0.259 e. The summed E-state index contributed by atoms with van der Waals surface area (Å²) in [5.74, 6) is 1.64. The van der Waals surface area contributed by atoms with Gasteiger partial charge in [0.25, 0.3) is 5.56 Å². The molecule has 5 nitrogen and oxygen atoms in total. The number of halogens is 1. The van der Waals surface area contributed by atoms with E-state index in [2.05, 4.69) is 15.3 Å². The Balaban J connectivity index is 1.41. The summed E-state index contributed by atoms with van der Waals surface area (Å²) in [4.78, 5) is 34.9. The second kappa shape index (κ2) is 10.5. The van der Waals surface area contributed by atoms with Gasteiger partial charge < -0.3 is 10.3 Å². The monoisotopic (exact) mass is 465 g/mol. The SMILES string of the molecule is Cc1sc2nc(CSC(C)C(=O)NCCCSc3ccc(F)cc3)[nH]c(=O)c2c1C. The number of benzene rings is 1. The van der Waals surface area contributed by atoms with Crippen LogP contribution in [0, 0.1) is 19.7 Å². The van der Waals surface area contributed by atoms with Crippen LogP contribution in [0.15, 0.2) is 34.0 Å². The highest BCUT2D eigenvalue weighted by molar-refractivity contribution is 7.99. The molecule has 1 aromatic carbocycles. The summed E-state index contributed by atoms with van der Waals surface area (Å²) in [5, 5.41) is 3.36. The van der Waals surface area contributed by atoms with Crippen molar-refractivity contribution in [2.45, 2.75) is 43.1 Å². The van der Waals surface area contributed by atoms with Gasteiger partial charge in [-0.2, -0.15) is 0 Å². The number of H-pyrrole nitrogens is 1.